The van der Waals surface area contributed by atoms with E-state index < -0.39 is 0 Å². The molecule has 0 aliphatic carbocycles. The third-order valence-corrected chi connectivity index (χ3v) is 3.36. The Morgan fingerprint density at radius 3 is 2.08 bits per heavy atom. The molecule has 3 aliphatic rings. The SMILES string of the molecule is CC.CC1C2CC(CN1C)N2C. The van der Waals surface area contributed by atoms with Crippen LogP contribution in [0.3, 0.4) is 0 Å². The van der Waals surface area contributed by atoms with Crippen LogP contribution in [-0.4, -0.2) is 48.6 Å². The molecule has 2 nitrogen and oxygen atoms in total. The number of likely N-dealkylation sites (N-methyl/N-ethyl adjacent to an activating group) is 2. The normalized spacial score (nSPS) is 41.2. The highest BCUT2D eigenvalue weighted by molar-refractivity contribution is 5.02. The summed E-state index contributed by atoms with van der Waals surface area (Å²) in [6, 6.07) is 2.49. The number of piperazine rings is 1. The van der Waals surface area contributed by atoms with Gasteiger partial charge in [0.25, 0.3) is 0 Å². The maximum atomic E-state index is 2.52. The van der Waals surface area contributed by atoms with E-state index in [0.717, 1.165) is 18.1 Å². The molecule has 0 saturated carbocycles. The Morgan fingerprint density at radius 1 is 1.17 bits per heavy atom. The Morgan fingerprint density at radius 2 is 1.75 bits per heavy atom. The van der Waals surface area contributed by atoms with E-state index in [1.165, 1.54) is 13.0 Å². The Kier molecular flexibility index (Phi) is 3.13. The lowest BCUT2D eigenvalue weighted by atomic mass is 9.83. The van der Waals surface area contributed by atoms with Gasteiger partial charge in [-0.3, -0.25) is 4.90 Å². The lowest BCUT2D eigenvalue weighted by Crippen LogP contribution is -2.70. The molecule has 3 unspecified atom stereocenters. The van der Waals surface area contributed by atoms with E-state index >= 15 is 0 Å². The number of fused-ring (bicyclic) bond motifs is 2. The van der Waals surface area contributed by atoms with Crippen molar-refractivity contribution in [2.75, 3.05) is 20.6 Å². The fourth-order valence-electron chi connectivity index (χ4n) is 2.28. The molecule has 0 radical (unpaired) electrons. The van der Waals surface area contributed by atoms with Crippen molar-refractivity contribution in [1.82, 2.24) is 9.80 Å². The molecular formula is C10H22N2. The molecule has 0 spiro atoms. The van der Waals surface area contributed by atoms with Crippen LogP contribution in [0.15, 0.2) is 0 Å². The van der Waals surface area contributed by atoms with Crippen molar-refractivity contribution in [3.8, 4) is 0 Å². The second-order valence-electron chi connectivity index (χ2n) is 3.80. The monoisotopic (exact) mass is 170 g/mol. The molecule has 0 aromatic carbocycles. The second-order valence-corrected chi connectivity index (χ2v) is 3.80. The summed E-state index contributed by atoms with van der Waals surface area (Å²) in [5, 5.41) is 0. The highest BCUT2D eigenvalue weighted by Crippen LogP contribution is 2.33. The van der Waals surface area contributed by atoms with E-state index in [2.05, 4.69) is 30.8 Å². The fraction of sp³-hybridized carbons (Fsp3) is 1.00. The summed E-state index contributed by atoms with van der Waals surface area (Å²) >= 11 is 0. The van der Waals surface area contributed by atoms with Gasteiger partial charge < -0.3 is 4.90 Å². The van der Waals surface area contributed by atoms with E-state index in [9.17, 15) is 0 Å². The minimum Gasteiger partial charge on any atom is -0.301 e. The third-order valence-electron chi connectivity index (χ3n) is 3.36. The molecule has 0 aromatic rings. The summed E-state index contributed by atoms with van der Waals surface area (Å²) in [6.45, 7) is 7.60. The molecule has 0 N–H and O–H groups in total. The minimum absolute atomic E-state index is 0.773. The molecule has 72 valence electrons. The topological polar surface area (TPSA) is 6.48 Å². The van der Waals surface area contributed by atoms with Crippen LogP contribution in [0.5, 0.6) is 0 Å². The number of nitrogens with zero attached hydrogens (tertiary/aromatic N) is 2. The molecule has 0 aromatic heterocycles. The van der Waals surface area contributed by atoms with Crippen molar-refractivity contribution in [3.63, 3.8) is 0 Å². The first-order chi connectivity index (χ1) is 5.70. The fourth-order valence-corrected chi connectivity index (χ4v) is 2.28. The summed E-state index contributed by atoms with van der Waals surface area (Å²) < 4.78 is 0. The summed E-state index contributed by atoms with van der Waals surface area (Å²) in [7, 11) is 4.49. The average Bonchev–Trinajstić information content (AvgIpc) is 2.11. The van der Waals surface area contributed by atoms with Crippen molar-refractivity contribution in [1.29, 1.82) is 0 Å². The van der Waals surface area contributed by atoms with Crippen LogP contribution < -0.4 is 0 Å². The van der Waals surface area contributed by atoms with Gasteiger partial charge in [0.1, 0.15) is 0 Å². The van der Waals surface area contributed by atoms with Crippen molar-refractivity contribution < 1.29 is 0 Å². The van der Waals surface area contributed by atoms with Gasteiger partial charge in [0, 0.05) is 24.7 Å². The van der Waals surface area contributed by atoms with Gasteiger partial charge in [-0.1, -0.05) is 13.8 Å². The quantitative estimate of drug-likeness (QED) is 0.542. The maximum Gasteiger partial charge on any atom is 0.0264 e. The molecule has 2 bridgehead atoms. The van der Waals surface area contributed by atoms with Crippen LogP contribution in [0.2, 0.25) is 0 Å². The van der Waals surface area contributed by atoms with Crippen LogP contribution in [0.25, 0.3) is 0 Å². The van der Waals surface area contributed by atoms with E-state index in [1.807, 2.05) is 13.8 Å². The summed E-state index contributed by atoms with van der Waals surface area (Å²) in [4.78, 5) is 4.99. The van der Waals surface area contributed by atoms with Gasteiger partial charge in [-0.05, 0) is 27.4 Å². The molecular weight excluding hydrogens is 148 g/mol. The van der Waals surface area contributed by atoms with Crippen LogP contribution >= 0.6 is 0 Å². The van der Waals surface area contributed by atoms with Gasteiger partial charge in [-0.2, -0.15) is 0 Å². The smallest absolute Gasteiger partial charge is 0.0264 e. The molecule has 3 atom stereocenters. The molecule has 12 heavy (non-hydrogen) atoms. The van der Waals surface area contributed by atoms with Crippen molar-refractivity contribution in [2.45, 2.75) is 45.3 Å². The van der Waals surface area contributed by atoms with E-state index in [4.69, 9.17) is 0 Å². The van der Waals surface area contributed by atoms with Gasteiger partial charge in [0.05, 0.1) is 0 Å². The predicted molar refractivity (Wildman–Crippen MR) is 53.4 cm³/mol. The van der Waals surface area contributed by atoms with Crippen molar-refractivity contribution >= 4 is 0 Å². The number of hydrogen-bond donors (Lipinski definition) is 0. The summed E-state index contributed by atoms with van der Waals surface area (Å²) in [5.74, 6) is 0. The molecule has 3 heterocycles. The van der Waals surface area contributed by atoms with Gasteiger partial charge in [-0.15, -0.1) is 0 Å². The van der Waals surface area contributed by atoms with Crippen LogP contribution in [0.4, 0.5) is 0 Å². The van der Waals surface area contributed by atoms with E-state index in [-0.39, 0.29) is 0 Å². The Balaban J connectivity index is 0.000000336. The van der Waals surface area contributed by atoms with Crippen molar-refractivity contribution in [3.05, 3.63) is 0 Å². The van der Waals surface area contributed by atoms with Gasteiger partial charge >= 0.3 is 0 Å². The van der Waals surface area contributed by atoms with Crippen molar-refractivity contribution in [2.24, 2.45) is 0 Å². The zero-order valence-corrected chi connectivity index (χ0v) is 9.04. The molecule has 0 amide bonds. The molecule has 3 fully saturated rings. The van der Waals surface area contributed by atoms with Gasteiger partial charge in [0.2, 0.25) is 0 Å². The van der Waals surface area contributed by atoms with E-state index in [0.29, 0.717) is 0 Å². The summed E-state index contributed by atoms with van der Waals surface area (Å²) in [5.41, 5.74) is 0. The third kappa shape index (κ3) is 1.38. The average molecular weight is 170 g/mol. The Labute approximate surface area is 76.5 Å². The number of rotatable bonds is 0. The zero-order chi connectivity index (χ0) is 9.30. The zero-order valence-electron chi connectivity index (χ0n) is 9.04. The molecule has 3 saturated heterocycles. The first-order valence-corrected chi connectivity index (χ1v) is 5.12. The largest absolute Gasteiger partial charge is 0.301 e. The van der Waals surface area contributed by atoms with Gasteiger partial charge in [0.15, 0.2) is 0 Å². The summed E-state index contributed by atoms with van der Waals surface area (Å²) in [6.07, 6.45) is 1.43. The van der Waals surface area contributed by atoms with Gasteiger partial charge in [-0.25, -0.2) is 0 Å². The van der Waals surface area contributed by atoms with E-state index in [1.54, 1.807) is 0 Å². The number of piperidine rings is 1. The first-order valence-electron chi connectivity index (χ1n) is 5.12. The lowest BCUT2D eigenvalue weighted by Gasteiger charge is -2.57. The number of hydrogen-bond acceptors (Lipinski definition) is 2. The van der Waals surface area contributed by atoms with Crippen LogP contribution in [0, 0.1) is 0 Å². The highest BCUT2D eigenvalue weighted by atomic mass is 15.3. The first kappa shape index (κ1) is 10.0. The van der Waals surface area contributed by atoms with Crippen LogP contribution in [-0.2, 0) is 0 Å². The minimum atomic E-state index is 0.773. The Bertz CT molecular complexity index is 143. The Hall–Kier alpha value is -0.0800. The molecule has 3 aliphatic heterocycles. The maximum absolute atomic E-state index is 2.52. The second kappa shape index (κ2) is 3.75. The lowest BCUT2D eigenvalue weighted by molar-refractivity contribution is -0.0758. The highest BCUT2D eigenvalue weighted by Gasteiger charge is 2.45. The van der Waals surface area contributed by atoms with Crippen LogP contribution in [0.1, 0.15) is 27.2 Å². The standard InChI is InChI=1S/C8H16N2.C2H6/c1-6-8-4-7(10(8)3)5-9(6)2;1-2/h6-8H,4-5H2,1-3H3;1-2H3. The molecule has 2 heteroatoms. The predicted octanol–water partition coefficient (Wildman–Crippen LogP) is 1.42. The molecule has 3 rings (SSSR count).